The van der Waals surface area contributed by atoms with E-state index in [2.05, 4.69) is 56.4 Å². The molecule has 8 nitrogen and oxygen atoms in total. The molecule has 174 valence electrons. The molecule has 1 amide bonds. The van der Waals surface area contributed by atoms with Crippen LogP contribution in [0.4, 0.5) is 11.6 Å². The molecular formula is C26H29N7O. The summed E-state index contributed by atoms with van der Waals surface area (Å²) in [5, 5.41) is 9.21. The number of benzene rings is 1. The third-order valence-corrected chi connectivity index (χ3v) is 6.61. The highest BCUT2D eigenvalue weighted by molar-refractivity contribution is 6.05. The predicted molar refractivity (Wildman–Crippen MR) is 135 cm³/mol. The topological polar surface area (TPSA) is 79.2 Å². The molecule has 0 radical (unpaired) electrons. The van der Waals surface area contributed by atoms with Gasteiger partial charge in [-0.05, 0) is 68.2 Å². The van der Waals surface area contributed by atoms with Crippen LogP contribution >= 0.6 is 0 Å². The van der Waals surface area contributed by atoms with Crippen molar-refractivity contribution in [3.05, 3.63) is 66.7 Å². The molecule has 0 unspecified atom stereocenters. The quantitative estimate of drug-likeness (QED) is 0.493. The van der Waals surface area contributed by atoms with Crippen LogP contribution in [0.1, 0.15) is 23.2 Å². The number of hydrogen-bond donors (Lipinski definition) is 1. The summed E-state index contributed by atoms with van der Waals surface area (Å²) in [5.74, 6) is 1.13. The number of fused-ring (bicyclic) bond motifs is 1. The van der Waals surface area contributed by atoms with Crippen LogP contribution < -0.4 is 10.2 Å². The number of carbonyl (C=O) groups is 1. The Balaban J connectivity index is 1.33. The van der Waals surface area contributed by atoms with Gasteiger partial charge >= 0.3 is 0 Å². The van der Waals surface area contributed by atoms with Crippen LogP contribution in [-0.4, -0.2) is 63.8 Å². The summed E-state index contributed by atoms with van der Waals surface area (Å²) in [6.45, 7) is 2.15. The van der Waals surface area contributed by atoms with Gasteiger partial charge in [0.2, 0.25) is 0 Å². The minimum absolute atomic E-state index is 0.198. The summed E-state index contributed by atoms with van der Waals surface area (Å²) < 4.78 is 1.78. The Morgan fingerprint density at radius 2 is 1.82 bits per heavy atom. The lowest BCUT2D eigenvalue weighted by molar-refractivity contribution is 0.102. The zero-order valence-electron chi connectivity index (χ0n) is 19.8. The largest absolute Gasteiger partial charge is 0.357 e. The van der Waals surface area contributed by atoms with E-state index in [0.29, 0.717) is 17.4 Å². The maximum Gasteiger partial charge on any atom is 0.257 e. The molecule has 5 rings (SSSR count). The minimum atomic E-state index is -0.198. The van der Waals surface area contributed by atoms with Gasteiger partial charge in [0.25, 0.3) is 5.91 Å². The van der Waals surface area contributed by atoms with Crippen molar-refractivity contribution in [3.63, 3.8) is 0 Å². The van der Waals surface area contributed by atoms with Gasteiger partial charge in [-0.25, -0.2) is 9.97 Å². The third-order valence-electron chi connectivity index (χ3n) is 6.61. The Hall–Kier alpha value is -3.78. The van der Waals surface area contributed by atoms with Gasteiger partial charge in [0, 0.05) is 55.2 Å². The summed E-state index contributed by atoms with van der Waals surface area (Å²) in [5.41, 5.74) is 2.68. The van der Waals surface area contributed by atoms with Gasteiger partial charge < -0.3 is 15.1 Å². The highest BCUT2D eigenvalue weighted by atomic mass is 16.1. The molecule has 0 spiro atoms. The van der Waals surface area contributed by atoms with Crippen molar-refractivity contribution in [3.8, 4) is 11.1 Å². The molecule has 1 aliphatic heterocycles. The Morgan fingerprint density at radius 1 is 1.00 bits per heavy atom. The molecule has 4 heterocycles. The molecule has 1 aromatic carbocycles. The standard InChI is InChI=1S/C26H29N7O/c1-31-10-7-23(8-11-31)33(3)25-14-19(6-9-27-25)26(34)30-24-13-21-12-18(4-5-20(21)15-28-24)22-16-29-32(2)17-22/h4-6,9,12-17,23H,7-8,10-11H2,1-3H3,(H,28,30,34). The predicted octanol–water partition coefficient (Wildman–Crippen LogP) is 3.81. The normalized spacial score (nSPS) is 14.9. The van der Waals surface area contributed by atoms with E-state index in [1.165, 1.54) is 0 Å². The summed E-state index contributed by atoms with van der Waals surface area (Å²) >= 11 is 0. The second-order valence-corrected chi connectivity index (χ2v) is 9.04. The van der Waals surface area contributed by atoms with Gasteiger partial charge in [-0.2, -0.15) is 5.10 Å². The number of aromatic nitrogens is 4. The fourth-order valence-electron chi connectivity index (χ4n) is 4.47. The van der Waals surface area contributed by atoms with Crippen LogP contribution in [0.15, 0.2) is 61.2 Å². The monoisotopic (exact) mass is 455 g/mol. The van der Waals surface area contributed by atoms with E-state index in [9.17, 15) is 4.79 Å². The summed E-state index contributed by atoms with van der Waals surface area (Å²) in [4.78, 5) is 26.5. The fourth-order valence-corrected chi connectivity index (χ4v) is 4.47. The third kappa shape index (κ3) is 4.63. The van der Waals surface area contributed by atoms with Crippen molar-refractivity contribution < 1.29 is 4.79 Å². The number of rotatable bonds is 5. The second kappa shape index (κ2) is 9.23. The number of piperidine rings is 1. The van der Waals surface area contributed by atoms with Crippen LogP contribution in [0.3, 0.4) is 0 Å². The first-order valence-electron chi connectivity index (χ1n) is 11.5. The Labute approximate surface area is 199 Å². The van der Waals surface area contributed by atoms with Crippen LogP contribution in [0.5, 0.6) is 0 Å². The first-order chi connectivity index (χ1) is 16.5. The number of nitrogens with one attached hydrogen (secondary N) is 1. The molecule has 3 aromatic heterocycles. The Kier molecular flexibility index (Phi) is 5.98. The molecule has 0 saturated carbocycles. The van der Waals surface area contributed by atoms with Crippen molar-refractivity contribution in [2.45, 2.75) is 18.9 Å². The molecule has 8 heteroatoms. The van der Waals surface area contributed by atoms with E-state index in [0.717, 1.165) is 53.6 Å². The van der Waals surface area contributed by atoms with E-state index in [1.807, 2.05) is 37.6 Å². The lowest BCUT2D eigenvalue weighted by atomic mass is 10.0. The average Bonchev–Trinajstić information content (AvgIpc) is 3.30. The molecule has 34 heavy (non-hydrogen) atoms. The van der Waals surface area contributed by atoms with Crippen molar-refractivity contribution in [2.75, 3.05) is 37.4 Å². The fraction of sp³-hybridized carbons (Fsp3) is 0.308. The molecule has 1 aliphatic rings. The molecule has 0 aliphatic carbocycles. The Morgan fingerprint density at radius 3 is 2.59 bits per heavy atom. The molecule has 0 atom stereocenters. The van der Waals surface area contributed by atoms with E-state index in [-0.39, 0.29) is 5.91 Å². The van der Waals surface area contributed by atoms with Crippen LogP contribution in [0.25, 0.3) is 21.9 Å². The highest BCUT2D eigenvalue weighted by Gasteiger charge is 2.22. The number of anilines is 2. The molecule has 1 N–H and O–H groups in total. The lowest BCUT2D eigenvalue weighted by Gasteiger charge is -2.35. The van der Waals surface area contributed by atoms with Gasteiger partial charge in [0.05, 0.1) is 6.20 Å². The van der Waals surface area contributed by atoms with Gasteiger partial charge in [0.1, 0.15) is 11.6 Å². The number of amides is 1. The van der Waals surface area contributed by atoms with Crippen molar-refractivity contribution in [2.24, 2.45) is 7.05 Å². The Bertz CT molecular complexity index is 1320. The highest BCUT2D eigenvalue weighted by Crippen LogP contribution is 2.26. The zero-order chi connectivity index (χ0) is 23.7. The van der Waals surface area contributed by atoms with E-state index in [4.69, 9.17) is 0 Å². The summed E-state index contributed by atoms with van der Waals surface area (Å²) in [7, 11) is 6.11. The average molecular weight is 456 g/mol. The van der Waals surface area contributed by atoms with Crippen molar-refractivity contribution >= 4 is 28.3 Å². The lowest BCUT2D eigenvalue weighted by Crippen LogP contribution is -2.42. The van der Waals surface area contributed by atoms with Gasteiger partial charge in [-0.1, -0.05) is 12.1 Å². The minimum Gasteiger partial charge on any atom is -0.357 e. The smallest absolute Gasteiger partial charge is 0.257 e. The van der Waals surface area contributed by atoms with Crippen LogP contribution in [0, 0.1) is 0 Å². The second-order valence-electron chi connectivity index (χ2n) is 9.04. The molecule has 4 aromatic rings. The van der Waals surface area contributed by atoms with Gasteiger partial charge in [0.15, 0.2) is 0 Å². The van der Waals surface area contributed by atoms with Crippen LogP contribution in [0.2, 0.25) is 0 Å². The maximum absolute atomic E-state index is 13.0. The van der Waals surface area contributed by atoms with Crippen molar-refractivity contribution in [1.82, 2.24) is 24.6 Å². The molecule has 1 saturated heterocycles. The van der Waals surface area contributed by atoms with Crippen molar-refractivity contribution in [1.29, 1.82) is 0 Å². The number of carbonyl (C=O) groups excluding carboxylic acids is 1. The van der Waals surface area contributed by atoms with E-state index < -0.39 is 0 Å². The molecule has 0 bridgehead atoms. The zero-order valence-corrected chi connectivity index (χ0v) is 19.8. The van der Waals surface area contributed by atoms with Crippen LogP contribution in [-0.2, 0) is 7.05 Å². The van der Waals surface area contributed by atoms with Gasteiger partial charge in [-0.15, -0.1) is 0 Å². The number of pyridine rings is 2. The first kappa shape index (κ1) is 22.0. The van der Waals surface area contributed by atoms with E-state index >= 15 is 0 Å². The maximum atomic E-state index is 13.0. The number of aryl methyl sites for hydroxylation is 1. The number of hydrogen-bond acceptors (Lipinski definition) is 6. The SMILES string of the molecule is CN1CCC(N(C)c2cc(C(=O)Nc3cc4cc(-c5cnn(C)c5)ccc4cn3)ccn2)CC1. The summed E-state index contributed by atoms with van der Waals surface area (Å²) in [6, 6.07) is 12.1. The van der Waals surface area contributed by atoms with E-state index in [1.54, 1.807) is 23.1 Å². The first-order valence-corrected chi connectivity index (χ1v) is 11.5. The summed E-state index contributed by atoms with van der Waals surface area (Å²) in [6.07, 6.45) is 9.48. The molecular weight excluding hydrogens is 426 g/mol. The molecule has 1 fully saturated rings. The number of likely N-dealkylation sites (tertiary alicyclic amines) is 1. The number of nitrogens with zero attached hydrogens (tertiary/aromatic N) is 6. The van der Waals surface area contributed by atoms with Gasteiger partial charge in [-0.3, -0.25) is 9.48 Å².